The van der Waals surface area contributed by atoms with Gasteiger partial charge in [-0.05, 0) is 37.0 Å². The number of imide groups is 1. The van der Waals surface area contributed by atoms with Crippen molar-refractivity contribution in [2.24, 2.45) is 0 Å². The fourth-order valence-corrected chi connectivity index (χ4v) is 3.68. The Balaban J connectivity index is 1.96. The number of hydrogen-bond donors (Lipinski definition) is 0. The number of hydrogen-bond acceptors (Lipinski definition) is 3. The molecule has 2 atom stereocenters. The number of amides is 2. The number of benzene rings is 1. The summed E-state index contributed by atoms with van der Waals surface area (Å²) in [6.45, 7) is 2.87. The van der Waals surface area contributed by atoms with Crippen LogP contribution in [0.1, 0.15) is 46.1 Å². The highest BCUT2D eigenvalue weighted by Crippen LogP contribution is 2.43. The van der Waals surface area contributed by atoms with Crippen LogP contribution in [0.2, 0.25) is 0 Å². The van der Waals surface area contributed by atoms with E-state index in [0.717, 1.165) is 30.6 Å². The van der Waals surface area contributed by atoms with Crippen LogP contribution in [-0.4, -0.2) is 36.0 Å². The molecule has 5 heteroatoms. The van der Waals surface area contributed by atoms with Crippen molar-refractivity contribution in [3.8, 4) is 0 Å². The fraction of sp³-hybridized carbons (Fsp3) is 0.500. The van der Waals surface area contributed by atoms with E-state index in [2.05, 4.69) is 22.9 Å². The zero-order valence-electron chi connectivity index (χ0n) is 12.2. The first kappa shape index (κ1) is 14.7. The molecule has 3 rings (SSSR count). The van der Waals surface area contributed by atoms with Crippen LogP contribution in [0.5, 0.6) is 0 Å². The van der Waals surface area contributed by atoms with E-state index in [0.29, 0.717) is 12.0 Å². The Hall–Kier alpha value is -1.20. The van der Waals surface area contributed by atoms with Crippen LogP contribution < -0.4 is 0 Å². The predicted octanol–water partition coefficient (Wildman–Crippen LogP) is 2.85. The van der Waals surface area contributed by atoms with Crippen molar-refractivity contribution in [1.82, 2.24) is 4.90 Å². The zero-order chi connectivity index (χ0) is 15.2. The Morgan fingerprint density at radius 3 is 2.81 bits per heavy atom. The van der Waals surface area contributed by atoms with Crippen molar-refractivity contribution in [1.29, 1.82) is 0 Å². The summed E-state index contributed by atoms with van der Waals surface area (Å²) in [5, 5.41) is 0. The van der Waals surface area contributed by atoms with Crippen LogP contribution in [0, 0.1) is 0 Å². The largest absolute Gasteiger partial charge is 0.374 e. The lowest BCUT2D eigenvalue weighted by atomic mass is 9.89. The van der Waals surface area contributed by atoms with Crippen molar-refractivity contribution >= 4 is 27.7 Å². The molecule has 0 bridgehead atoms. The van der Waals surface area contributed by atoms with Gasteiger partial charge in [0.05, 0.1) is 16.8 Å². The van der Waals surface area contributed by atoms with Gasteiger partial charge in [0.15, 0.2) is 0 Å². The number of nitrogens with zero attached hydrogens (tertiary/aromatic N) is 1. The normalized spacial score (nSPS) is 26.9. The molecule has 0 N–H and O–H groups in total. The summed E-state index contributed by atoms with van der Waals surface area (Å²) in [7, 11) is 1.54. The van der Waals surface area contributed by atoms with E-state index < -0.39 is 0 Å². The Kier molecular flexibility index (Phi) is 3.66. The standard InChI is InChI=1S/C16H18BrNO3/c1-16(6-3-7-21-16)14(17)11-5-4-10-9-13(19)18(2)15(20)12(10)8-11/h4-5,8,14H,3,6-7,9H2,1-2H3. The lowest BCUT2D eigenvalue weighted by Gasteiger charge is -2.31. The average Bonchev–Trinajstić information content (AvgIpc) is 2.92. The second-order valence-electron chi connectivity index (χ2n) is 5.98. The van der Waals surface area contributed by atoms with Gasteiger partial charge in [-0.1, -0.05) is 28.1 Å². The maximum absolute atomic E-state index is 12.3. The number of fused-ring (bicyclic) bond motifs is 1. The molecule has 2 unspecified atom stereocenters. The van der Waals surface area contributed by atoms with E-state index in [9.17, 15) is 9.59 Å². The minimum absolute atomic E-state index is 0.0357. The van der Waals surface area contributed by atoms with Crippen LogP contribution in [0.25, 0.3) is 0 Å². The maximum Gasteiger partial charge on any atom is 0.260 e. The number of rotatable bonds is 2. The molecule has 2 heterocycles. The van der Waals surface area contributed by atoms with Crippen LogP contribution in [0.4, 0.5) is 0 Å². The topological polar surface area (TPSA) is 46.6 Å². The zero-order valence-corrected chi connectivity index (χ0v) is 13.8. The van der Waals surface area contributed by atoms with Crippen LogP contribution in [0.15, 0.2) is 18.2 Å². The molecule has 1 saturated heterocycles. The van der Waals surface area contributed by atoms with Gasteiger partial charge in [0.2, 0.25) is 5.91 Å². The Labute approximate surface area is 132 Å². The van der Waals surface area contributed by atoms with E-state index >= 15 is 0 Å². The average molecular weight is 352 g/mol. The summed E-state index contributed by atoms with van der Waals surface area (Å²) in [6.07, 6.45) is 2.34. The first-order valence-electron chi connectivity index (χ1n) is 7.14. The minimum atomic E-state index is -0.242. The van der Waals surface area contributed by atoms with Gasteiger partial charge < -0.3 is 4.74 Å². The number of likely N-dealkylation sites (N-methyl/N-ethyl adjacent to an activating group) is 1. The molecule has 1 aromatic rings. The molecule has 1 fully saturated rings. The molecule has 1 aromatic carbocycles. The quantitative estimate of drug-likeness (QED) is 0.607. The summed E-state index contributed by atoms with van der Waals surface area (Å²) in [6, 6.07) is 5.77. The molecular formula is C16H18BrNO3. The number of carbonyl (C=O) groups is 2. The Morgan fingerprint density at radius 1 is 1.38 bits per heavy atom. The molecule has 0 spiro atoms. The van der Waals surface area contributed by atoms with Crippen LogP contribution in [0.3, 0.4) is 0 Å². The molecule has 112 valence electrons. The molecule has 0 radical (unpaired) electrons. The molecule has 2 amide bonds. The molecule has 0 aromatic heterocycles. The number of ether oxygens (including phenoxy) is 1. The van der Waals surface area contributed by atoms with Gasteiger partial charge in [-0.15, -0.1) is 0 Å². The van der Waals surface area contributed by atoms with Gasteiger partial charge in [0.25, 0.3) is 5.91 Å². The number of carbonyl (C=O) groups excluding carboxylic acids is 2. The van der Waals surface area contributed by atoms with Gasteiger partial charge in [0, 0.05) is 19.2 Å². The van der Waals surface area contributed by atoms with Gasteiger partial charge in [-0.25, -0.2) is 0 Å². The summed E-state index contributed by atoms with van der Waals surface area (Å²) < 4.78 is 5.87. The van der Waals surface area contributed by atoms with Crippen LogP contribution in [-0.2, 0) is 16.0 Å². The third-order valence-corrected chi connectivity index (χ3v) is 5.96. The summed E-state index contributed by atoms with van der Waals surface area (Å²) in [5.41, 5.74) is 2.21. The van der Waals surface area contributed by atoms with E-state index in [1.165, 1.54) is 11.9 Å². The second kappa shape index (κ2) is 5.21. The van der Waals surface area contributed by atoms with Crippen molar-refractivity contribution in [2.75, 3.05) is 13.7 Å². The lowest BCUT2D eigenvalue weighted by Crippen LogP contribution is -2.39. The highest BCUT2D eigenvalue weighted by molar-refractivity contribution is 9.09. The first-order chi connectivity index (χ1) is 9.92. The monoisotopic (exact) mass is 351 g/mol. The SMILES string of the molecule is CN1C(=O)Cc2ccc(C(Br)C3(C)CCCO3)cc2C1=O. The van der Waals surface area contributed by atoms with Crippen LogP contribution >= 0.6 is 15.9 Å². The van der Waals surface area contributed by atoms with Crippen molar-refractivity contribution in [2.45, 2.75) is 36.6 Å². The van der Waals surface area contributed by atoms with Gasteiger partial charge >= 0.3 is 0 Å². The van der Waals surface area contributed by atoms with E-state index in [1.54, 1.807) is 0 Å². The third-order valence-electron chi connectivity index (χ3n) is 4.46. The van der Waals surface area contributed by atoms with Gasteiger partial charge in [-0.2, -0.15) is 0 Å². The Bertz CT molecular complexity index is 608. The maximum atomic E-state index is 12.3. The third kappa shape index (κ3) is 2.42. The smallest absolute Gasteiger partial charge is 0.260 e. The number of halogens is 1. The van der Waals surface area contributed by atoms with E-state index in [-0.39, 0.29) is 22.2 Å². The van der Waals surface area contributed by atoms with E-state index in [4.69, 9.17) is 4.74 Å². The molecule has 4 nitrogen and oxygen atoms in total. The molecule has 2 aliphatic heterocycles. The van der Waals surface area contributed by atoms with Crippen molar-refractivity contribution in [3.63, 3.8) is 0 Å². The lowest BCUT2D eigenvalue weighted by molar-refractivity contribution is -0.127. The molecule has 21 heavy (non-hydrogen) atoms. The molecule has 0 saturated carbocycles. The number of alkyl halides is 1. The highest BCUT2D eigenvalue weighted by Gasteiger charge is 2.38. The summed E-state index contributed by atoms with van der Waals surface area (Å²) in [5.74, 6) is -0.373. The van der Waals surface area contributed by atoms with Crippen molar-refractivity contribution < 1.29 is 14.3 Å². The minimum Gasteiger partial charge on any atom is -0.374 e. The summed E-state index contributed by atoms with van der Waals surface area (Å²) in [4.78, 5) is 25.2. The van der Waals surface area contributed by atoms with Crippen molar-refractivity contribution in [3.05, 3.63) is 34.9 Å². The second-order valence-corrected chi connectivity index (χ2v) is 6.89. The highest BCUT2D eigenvalue weighted by atomic mass is 79.9. The first-order valence-corrected chi connectivity index (χ1v) is 8.06. The van der Waals surface area contributed by atoms with Gasteiger partial charge in [-0.3, -0.25) is 14.5 Å². The Morgan fingerprint density at radius 2 is 2.14 bits per heavy atom. The molecule has 2 aliphatic rings. The molecular weight excluding hydrogens is 334 g/mol. The van der Waals surface area contributed by atoms with E-state index in [1.807, 2.05) is 18.2 Å². The predicted molar refractivity (Wildman–Crippen MR) is 82.5 cm³/mol. The molecule has 0 aliphatic carbocycles. The summed E-state index contributed by atoms with van der Waals surface area (Å²) >= 11 is 3.73. The van der Waals surface area contributed by atoms with Gasteiger partial charge in [0.1, 0.15) is 0 Å². The fourth-order valence-electron chi connectivity index (χ4n) is 3.03.